The van der Waals surface area contributed by atoms with Crippen LogP contribution in [0, 0.1) is 0 Å². The molecule has 0 amide bonds. The summed E-state index contributed by atoms with van der Waals surface area (Å²) < 4.78 is 16.0. The van der Waals surface area contributed by atoms with Gasteiger partial charge < -0.3 is 0 Å². The van der Waals surface area contributed by atoms with E-state index in [4.69, 9.17) is 13.6 Å². The molecular weight excluding hydrogens is 187 g/mol. The minimum atomic E-state index is -2.59. The van der Waals surface area contributed by atoms with Crippen LogP contribution < -0.4 is 5.30 Å². The van der Waals surface area contributed by atoms with Gasteiger partial charge in [0.15, 0.2) is 0 Å². The Balaban J connectivity index is 3.01. The first kappa shape index (κ1) is 10.6. The van der Waals surface area contributed by atoms with Gasteiger partial charge >= 0.3 is 78.5 Å². The second-order valence-corrected chi connectivity index (χ2v) is 5.45. The predicted molar refractivity (Wildman–Crippen MR) is 55.4 cm³/mol. The Labute approximate surface area is 79.2 Å². The summed E-state index contributed by atoms with van der Waals surface area (Å²) >= 11 is 0. The Bertz CT molecular complexity index is 238. The summed E-state index contributed by atoms with van der Waals surface area (Å²) in [5.41, 5.74) is 0. The van der Waals surface area contributed by atoms with E-state index < -0.39 is 7.94 Å². The third-order valence-corrected chi connectivity index (χ3v) is 4.59. The van der Waals surface area contributed by atoms with Crippen molar-refractivity contribution in [2.75, 3.05) is 21.3 Å². The minimum absolute atomic E-state index is 0.975. The third kappa shape index (κ3) is 2.06. The average molecular weight is 202 g/mol. The van der Waals surface area contributed by atoms with Crippen LogP contribution in [0.15, 0.2) is 30.3 Å². The van der Waals surface area contributed by atoms with Crippen molar-refractivity contribution in [1.82, 2.24) is 0 Å². The van der Waals surface area contributed by atoms with Gasteiger partial charge in [-0.3, -0.25) is 0 Å². The molecule has 1 aromatic carbocycles. The standard InChI is InChI=1S/C9H15O3P/c1-10-13(11-2,12-3)9-7-5-4-6-8-9/h4-8,13H,1-3H3. The normalized spacial score (nSPS) is 12.8. The van der Waals surface area contributed by atoms with Gasteiger partial charge in [0.05, 0.1) is 0 Å². The van der Waals surface area contributed by atoms with Crippen LogP contribution in [0.3, 0.4) is 0 Å². The topological polar surface area (TPSA) is 27.7 Å². The quantitative estimate of drug-likeness (QED) is 0.696. The molecule has 0 bridgehead atoms. The van der Waals surface area contributed by atoms with Gasteiger partial charge in [0, 0.05) is 0 Å². The molecule has 0 saturated heterocycles. The molecule has 13 heavy (non-hydrogen) atoms. The monoisotopic (exact) mass is 202 g/mol. The van der Waals surface area contributed by atoms with Crippen molar-refractivity contribution >= 4 is 13.2 Å². The van der Waals surface area contributed by atoms with Crippen molar-refractivity contribution in [3.63, 3.8) is 0 Å². The Morgan fingerprint density at radius 1 is 0.846 bits per heavy atom. The van der Waals surface area contributed by atoms with Crippen molar-refractivity contribution in [2.24, 2.45) is 0 Å². The first-order valence-corrected chi connectivity index (χ1v) is 5.72. The Hall–Kier alpha value is -0.470. The summed E-state index contributed by atoms with van der Waals surface area (Å²) in [6, 6.07) is 9.72. The second kappa shape index (κ2) is 4.68. The maximum absolute atomic E-state index is 5.32. The number of benzene rings is 1. The zero-order valence-corrected chi connectivity index (χ0v) is 9.11. The van der Waals surface area contributed by atoms with E-state index in [0.717, 1.165) is 5.30 Å². The Kier molecular flexibility index (Phi) is 3.82. The summed E-state index contributed by atoms with van der Waals surface area (Å²) in [6.07, 6.45) is 0. The van der Waals surface area contributed by atoms with Gasteiger partial charge in [-0.2, -0.15) is 0 Å². The molecule has 0 fully saturated rings. The summed E-state index contributed by atoms with van der Waals surface area (Å²) in [4.78, 5) is 0. The number of rotatable bonds is 4. The van der Waals surface area contributed by atoms with Crippen molar-refractivity contribution < 1.29 is 13.6 Å². The van der Waals surface area contributed by atoms with Crippen molar-refractivity contribution in [3.05, 3.63) is 30.3 Å². The molecule has 0 radical (unpaired) electrons. The van der Waals surface area contributed by atoms with E-state index in [-0.39, 0.29) is 0 Å². The zero-order chi connectivity index (χ0) is 9.73. The molecular formula is C9H15O3P. The van der Waals surface area contributed by atoms with E-state index in [1.807, 2.05) is 30.3 Å². The molecule has 74 valence electrons. The molecule has 0 aromatic heterocycles. The van der Waals surface area contributed by atoms with Crippen LogP contribution in [0.5, 0.6) is 0 Å². The van der Waals surface area contributed by atoms with E-state index in [0.29, 0.717) is 0 Å². The number of hydrogen-bond acceptors (Lipinski definition) is 3. The molecule has 0 aliphatic rings. The zero-order valence-electron chi connectivity index (χ0n) is 8.11. The van der Waals surface area contributed by atoms with Crippen molar-refractivity contribution in [3.8, 4) is 0 Å². The van der Waals surface area contributed by atoms with E-state index in [2.05, 4.69) is 0 Å². The van der Waals surface area contributed by atoms with E-state index in [9.17, 15) is 0 Å². The van der Waals surface area contributed by atoms with Gasteiger partial charge in [0.2, 0.25) is 0 Å². The van der Waals surface area contributed by atoms with Gasteiger partial charge in [0.1, 0.15) is 0 Å². The molecule has 0 heterocycles. The van der Waals surface area contributed by atoms with Crippen LogP contribution in [0.1, 0.15) is 0 Å². The fourth-order valence-electron chi connectivity index (χ4n) is 1.25. The molecule has 0 N–H and O–H groups in total. The number of hydrogen-bond donors (Lipinski definition) is 0. The molecule has 0 atom stereocenters. The fourth-order valence-corrected chi connectivity index (χ4v) is 3.05. The molecule has 4 heteroatoms. The van der Waals surface area contributed by atoms with Gasteiger partial charge in [-0.05, 0) is 0 Å². The first-order valence-electron chi connectivity index (χ1n) is 4.00. The van der Waals surface area contributed by atoms with Crippen LogP contribution in [0.4, 0.5) is 0 Å². The van der Waals surface area contributed by atoms with Gasteiger partial charge in [0.25, 0.3) is 0 Å². The van der Waals surface area contributed by atoms with Crippen molar-refractivity contribution in [2.45, 2.75) is 0 Å². The third-order valence-electron chi connectivity index (χ3n) is 1.93. The Morgan fingerprint density at radius 3 is 1.69 bits per heavy atom. The molecule has 0 aliphatic heterocycles. The van der Waals surface area contributed by atoms with E-state index in [1.54, 1.807) is 21.3 Å². The first-order chi connectivity index (χ1) is 6.29. The van der Waals surface area contributed by atoms with Crippen LogP contribution >= 0.6 is 7.94 Å². The fraction of sp³-hybridized carbons (Fsp3) is 0.333. The predicted octanol–water partition coefficient (Wildman–Crippen LogP) is 1.75. The average Bonchev–Trinajstić information content (AvgIpc) is 2.23. The second-order valence-electron chi connectivity index (χ2n) is 2.53. The molecule has 0 aliphatic carbocycles. The summed E-state index contributed by atoms with van der Waals surface area (Å²) in [5.74, 6) is 0. The molecule has 0 unspecified atom stereocenters. The summed E-state index contributed by atoms with van der Waals surface area (Å²) in [7, 11) is 2.22. The maximum atomic E-state index is 5.32. The SMILES string of the molecule is CO[PH](OC)(OC)c1ccccc1. The van der Waals surface area contributed by atoms with Gasteiger partial charge in [-0.15, -0.1) is 0 Å². The van der Waals surface area contributed by atoms with E-state index >= 15 is 0 Å². The van der Waals surface area contributed by atoms with E-state index in [1.165, 1.54) is 0 Å². The molecule has 1 rings (SSSR count). The molecule has 0 saturated carbocycles. The molecule has 1 aromatic rings. The van der Waals surface area contributed by atoms with Gasteiger partial charge in [-0.25, -0.2) is 0 Å². The van der Waals surface area contributed by atoms with Crippen LogP contribution in [0.25, 0.3) is 0 Å². The summed E-state index contributed by atoms with van der Waals surface area (Å²) in [5, 5.41) is 0.975. The van der Waals surface area contributed by atoms with Crippen LogP contribution in [-0.4, -0.2) is 21.3 Å². The molecule has 3 nitrogen and oxygen atoms in total. The summed E-state index contributed by atoms with van der Waals surface area (Å²) in [6.45, 7) is 0. The van der Waals surface area contributed by atoms with Gasteiger partial charge in [-0.1, -0.05) is 0 Å². The van der Waals surface area contributed by atoms with Crippen LogP contribution in [0.2, 0.25) is 0 Å². The van der Waals surface area contributed by atoms with Crippen LogP contribution in [-0.2, 0) is 13.6 Å². The van der Waals surface area contributed by atoms with Crippen molar-refractivity contribution in [1.29, 1.82) is 0 Å². The Morgan fingerprint density at radius 2 is 1.31 bits per heavy atom. The molecule has 0 spiro atoms.